The molecule has 3 heteroatoms. The van der Waals surface area contributed by atoms with Crippen LogP contribution >= 0.6 is 0 Å². The highest BCUT2D eigenvalue weighted by Crippen LogP contribution is 2.42. The van der Waals surface area contributed by atoms with Gasteiger partial charge >= 0.3 is 0 Å². The largest absolute Gasteiger partial charge is 0.344 e. The van der Waals surface area contributed by atoms with E-state index < -0.39 is 0 Å². The van der Waals surface area contributed by atoms with E-state index in [1.165, 1.54) is 18.5 Å². The molecule has 1 heterocycles. The molecule has 1 aliphatic carbocycles. The van der Waals surface area contributed by atoms with E-state index in [1.807, 2.05) is 6.20 Å². The van der Waals surface area contributed by atoms with Crippen LogP contribution in [-0.4, -0.2) is 9.97 Å². The lowest BCUT2D eigenvalue weighted by molar-refractivity contribution is 0.403. The van der Waals surface area contributed by atoms with Gasteiger partial charge in [-0.2, -0.15) is 0 Å². The van der Waals surface area contributed by atoms with Gasteiger partial charge in [-0.1, -0.05) is 13.8 Å². The summed E-state index contributed by atoms with van der Waals surface area (Å²) in [5.74, 6) is 2.06. The van der Waals surface area contributed by atoms with Crippen LogP contribution in [0.2, 0.25) is 0 Å². The highest BCUT2D eigenvalue weighted by molar-refractivity contribution is 5.15. The second-order valence-corrected chi connectivity index (χ2v) is 4.90. The van der Waals surface area contributed by atoms with Crippen LogP contribution in [-0.2, 0) is 5.54 Å². The second-order valence-electron chi connectivity index (χ2n) is 4.90. The summed E-state index contributed by atoms with van der Waals surface area (Å²) in [5.41, 5.74) is 7.18. The molecule has 1 fully saturated rings. The first-order chi connectivity index (χ1) is 6.51. The zero-order valence-corrected chi connectivity index (χ0v) is 9.17. The number of imidazole rings is 1. The maximum atomic E-state index is 6.26. The van der Waals surface area contributed by atoms with Gasteiger partial charge in [-0.05, 0) is 31.6 Å². The highest BCUT2D eigenvalue weighted by atomic mass is 15.0. The molecule has 0 aromatic carbocycles. The van der Waals surface area contributed by atoms with Crippen molar-refractivity contribution in [2.45, 2.75) is 45.1 Å². The summed E-state index contributed by atoms with van der Waals surface area (Å²) in [6.07, 6.45) is 4.39. The van der Waals surface area contributed by atoms with Gasteiger partial charge in [-0.3, -0.25) is 0 Å². The van der Waals surface area contributed by atoms with E-state index in [0.717, 1.165) is 5.82 Å². The molecule has 0 aliphatic heterocycles. The zero-order valence-electron chi connectivity index (χ0n) is 9.17. The first-order valence-electron chi connectivity index (χ1n) is 5.36. The molecule has 0 saturated heterocycles. The van der Waals surface area contributed by atoms with Gasteiger partial charge in [0.1, 0.15) is 5.82 Å². The number of nitrogens with one attached hydrogen (secondary N) is 1. The first kappa shape index (κ1) is 9.71. The van der Waals surface area contributed by atoms with Gasteiger partial charge in [0, 0.05) is 11.9 Å². The number of nitrogens with zero attached hydrogens (tertiary/aromatic N) is 1. The molecular formula is C11H19N3. The molecule has 1 unspecified atom stereocenters. The van der Waals surface area contributed by atoms with E-state index in [2.05, 4.69) is 30.7 Å². The van der Waals surface area contributed by atoms with Gasteiger partial charge < -0.3 is 10.7 Å². The van der Waals surface area contributed by atoms with E-state index in [4.69, 9.17) is 5.73 Å². The van der Waals surface area contributed by atoms with Crippen molar-refractivity contribution in [1.29, 1.82) is 0 Å². The Balaban J connectivity index is 2.23. The number of nitrogens with two attached hydrogens (primary N) is 1. The minimum atomic E-state index is -0.257. The summed E-state index contributed by atoms with van der Waals surface area (Å²) >= 11 is 0. The first-order valence-corrected chi connectivity index (χ1v) is 5.36. The minimum Gasteiger partial charge on any atom is -0.344 e. The zero-order chi connectivity index (χ0) is 10.3. The predicted octanol–water partition coefficient (Wildman–Crippen LogP) is 2.12. The van der Waals surface area contributed by atoms with Gasteiger partial charge in [0.15, 0.2) is 0 Å². The van der Waals surface area contributed by atoms with Crippen molar-refractivity contribution in [3.05, 3.63) is 17.7 Å². The average molecular weight is 193 g/mol. The fourth-order valence-electron chi connectivity index (χ4n) is 1.78. The SMILES string of the molecule is CC(C)c1cnc(C(C)(N)C2CC2)[nH]1. The monoisotopic (exact) mass is 193 g/mol. The summed E-state index contributed by atoms with van der Waals surface area (Å²) in [4.78, 5) is 7.73. The summed E-state index contributed by atoms with van der Waals surface area (Å²) < 4.78 is 0. The lowest BCUT2D eigenvalue weighted by Crippen LogP contribution is -2.36. The van der Waals surface area contributed by atoms with Gasteiger partial charge in [0.25, 0.3) is 0 Å². The van der Waals surface area contributed by atoms with E-state index in [9.17, 15) is 0 Å². The maximum Gasteiger partial charge on any atom is 0.126 e. The summed E-state index contributed by atoms with van der Waals surface area (Å²) in [6.45, 7) is 6.39. The van der Waals surface area contributed by atoms with Crippen molar-refractivity contribution in [1.82, 2.24) is 9.97 Å². The van der Waals surface area contributed by atoms with Crippen LogP contribution in [0.15, 0.2) is 6.20 Å². The van der Waals surface area contributed by atoms with Crippen molar-refractivity contribution in [3.63, 3.8) is 0 Å². The second kappa shape index (κ2) is 3.09. The highest BCUT2D eigenvalue weighted by Gasteiger charge is 2.41. The van der Waals surface area contributed by atoms with Crippen LogP contribution in [0.1, 0.15) is 51.0 Å². The Kier molecular flexibility index (Phi) is 2.14. The van der Waals surface area contributed by atoms with Crippen LogP contribution in [0.3, 0.4) is 0 Å². The van der Waals surface area contributed by atoms with Gasteiger partial charge in [0.2, 0.25) is 0 Å². The molecule has 1 atom stereocenters. The summed E-state index contributed by atoms with van der Waals surface area (Å²) in [6, 6.07) is 0. The lowest BCUT2D eigenvalue weighted by atomic mass is 9.97. The topological polar surface area (TPSA) is 54.7 Å². The van der Waals surface area contributed by atoms with Crippen LogP contribution in [0.25, 0.3) is 0 Å². The van der Waals surface area contributed by atoms with E-state index in [1.54, 1.807) is 0 Å². The number of aromatic nitrogens is 2. The normalized spacial score (nSPS) is 21.2. The quantitative estimate of drug-likeness (QED) is 0.772. The van der Waals surface area contributed by atoms with Crippen LogP contribution in [0.5, 0.6) is 0 Å². The fraction of sp³-hybridized carbons (Fsp3) is 0.727. The van der Waals surface area contributed by atoms with Crippen molar-refractivity contribution in [2.24, 2.45) is 11.7 Å². The van der Waals surface area contributed by atoms with Crippen molar-refractivity contribution in [2.75, 3.05) is 0 Å². The number of rotatable bonds is 3. The van der Waals surface area contributed by atoms with E-state index >= 15 is 0 Å². The van der Waals surface area contributed by atoms with Gasteiger partial charge in [-0.15, -0.1) is 0 Å². The number of H-pyrrole nitrogens is 1. The smallest absolute Gasteiger partial charge is 0.126 e. The lowest BCUT2D eigenvalue weighted by Gasteiger charge is -2.21. The summed E-state index contributed by atoms with van der Waals surface area (Å²) in [7, 11) is 0. The molecule has 0 amide bonds. The van der Waals surface area contributed by atoms with Crippen LogP contribution in [0.4, 0.5) is 0 Å². The van der Waals surface area contributed by atoms with Crippen LogP contribution < -0.4 is 5.73 Å². The third-order valence-corrected chi connectivity index (χ3v) is 3.15. The van der Waals surface area contributed by atoms with Crippen molar-refractivity contribution < 1.29 is 0 Å². The van der Waals surface area contributed by atoms with E-state index in [0.29, 0.717) is 11.8 Å². The predicted molar refractivity (Wildman–Crippen MR) is 56.9 cm³/mol. The third-order valence-electron chi connectivity index (χ3n) is 3.15. The molecule has 3 nitrogen and oxygen atoms in total. The Morgan fingerprint density at radius 2 is 2.21 bits per heavy atom. The molecule has 1 aromatic rings. The molecule has 0 radical (unpaired) electrons. The Morgan fingerprint density at radius 3 is 2.64 bits per heavy atom. The fourth-order valence-corrected chi connectivity index (χ4v) is 1.78. The molecule has 14 heavy (non-hydrogen) atoms. The molecule has 3 N–H and O–H groups in total. The molecule has 2 rings (SSSR count). The minimum absolute atomic E-state index is 0.257. The molecule has 1 aliphatic rings. The molecule has 0 bridgehead atoms. The Morgan fingerprint density at radius 1 is 1.57 bits per heavy atom. The third kappa shape index (κ3) is 1.57. The Bertz CT molecular complexity index is 321. The van der Waals surface area contributed by atoms with Crippen molar-refractivity contribution in [3.8, 4) is 0 Å². The average Bonchev–Trinajstić information content (AvgIpc) is 2.82. The summed E-state index contributed by atoms with van der Waals surface area (Å²) in [5, 5.41) is 0. The molecular weight excluding hydrogens is 174 g/mol. The van der Waals surface area contributed by atoms with Crippen LogP contribution in [0, 0.1) is 5.92 Å². The molecule has 1 aromatic heterocycles. The number of hydrogen-bond donors (Lipinski definition) is 2. The molecule has 1 saturated carbocycles. The number of aromatic amines is 1. The van der Waals surface area contributed by atoms with Crippen molar-refractivity contribution >= 4 is 0 Å². The molecule has 78 valence electrons. The standard InChI is InChI=1S/C11H19N3/c1-7(2)9-6-13-10(14-9)11(3,12)8-4-5-8/h6-8H,4-5,12H2,1-3H3,(H,13,14). The van der Waals surface area contributed by atoms with Gasteiger partial charge in [0.05, 0.1) is 5.54 Å². The molecule has 0 spiro atoms. The maximum absolute atomic E-state index is 6.26. The number of hydrogen-bond acceptors (Lipinski definition) is 2. The van der Waals surface area contributed by atoms with Gasteiger partial charge in [-0.25, -0.2) is 4.98 Å². The van der Waals surface area contributed by atoms with E-state index in [-0.39, 0.29) is 5.54 Å². The Labute approximate surface area is 85.1 Å². The Hall–Kier alpha value is -0.830.